The fourth-order valence-electron chi connectivity index (χ4n) is 0.0602. The predicted octanol–water partition coefficient (Wildman–Crippen LogP) is -10.4. The molecule has 0 amide bonds. The van der Waals surface area contributed by atoms with E-state index in [4.69, 9.17) is 10.7 Å². The zero-order valence-corrected chi connectivity index (χ0v) is 12.8. The van der Waals surface area contributed by atoms with Gasteiger partial charge in [-0.05, 0) is 0 Å². The number of nitrogens with one attached hydrogen (secondary N) is 2. The van der Waals surface area contributed by atoms with Gasteiger partial charge in [-0.3, -0.25) is 10.7 Å². The van der Waals surface area contributed by atoms with Crippen LogP contribution in [0, 0.1) is 16.9 Å². The van der Waals surface area contributed by atoms with Crippen molar-refractivity contribution in [2.24, 2.45) is 5.73 Å². The molecule has 0 heterocycles. The van der Waals surface area contributed by atoms with Gasteiger partial charge < -0.3 is 56.7 Å². The molecule has 0 aromatic rings. The molecule has 0 saturated carbocycles. The van der Waals surface area contributed by atoms with Gasteiger partial charge in [0, 0.05) is 0 Å². The molecule has 2 radical (unpaired) electrons. The molecule has 10 heavy (non-hydrogen) atoms. The molecule has 0 saturated heterocycles. The normalized spacial score (nSPS) is 3.50. The minimum absolute atomic E-state index is 0. The minimum atomic E-state index is -0.322. The molecule has 0 unspecified atom stereocenters. The van der Waals surface area contributed by atoms with Crippen molar-refractivity contribution in [2.45, 2.75) is 0 Å². The molecule has 58 valence electrons. The molecule has 4 N–H and O–H groups in total. The summed E-state index contributed by atoms with van der Waals surface area (Å²) in [4.78, 5) is 0. The summed E-state index contributed by atoms with van der Waals surface area (Å²) in [6.45, 7) is 0. The van der Waals surface area contributed by atoms with E-state index in [9.17, 15) is 0 Å². The summed E-state index contributed by atoms with van der Waals surface area (Å²) < 4.78 is 0. The van der Waals surface area contributed by atoms with Crippen LogP contribution in [0.25, 0.3) is 0 Å². The summed E-state index contributed by atoms with van der Waals surface area (Å²) in [7, 11) is 0. The molecule has 0 rings (SSSR count). The number of guanidine groups is 1. The van der Waals surface area contributed by atoms with E-state index in [1.807, 2.05) is 5.32 Å². The van der Waals surface area contributed by atoms with Crippen molar-refractivity contribution < 1.29 is 50.9 Å². The first kappa shape index (κ1) is 30.5. The van der Waals surface area contributed by atoms with Gasteiger partial charge in [-0.15, -0.1) is 0 Å². The summed E-state index contributed by atoms with van der Waals surface area (Å²) >= 11 is 0. The van der Waals surface area contributed by atoms with E-state index in [0.29, 0.717) is 0 Å². The van der Waals surface area contributed by atoms with E-state index in [2.05, 4.69) is 5.73 Å². The van der Waals surface area contributed by atoms with Crippen LogP contribution in [0.1, 0.15) is 0 Å². The van der Waals surface area contributed by atoms with Crippen LogP contribution in [-0.2, 0) is 0 Å². The van der Waals surface area contributed by atoms with Gasteiger partial charge in [0.15, 0.2) is 12.2 Å². The van der Waals surface area contributed by atoms with Gasteiger partial charge in [0.1, 0.15) is 0 Å². The second-order valence-electron chi connectivity index (χ2n) is 0.650. The first-order valence-corrected chi connectivity index (χ1v) is 1.26. The first-order valence-electron chi connectivity index (χ1n) is 1.26. The zero-order valence-electron chi connectivity index (χ0n) is 4.61. The number of nitrogens with zero attached hydrogens (tertiary/aromatic N) is 1. The third-order valence-corrected chi connectivity index (χ3v) is 0.191. The predicted molar refractivity (Wildman–Crippen MR) is 26.4 cm³/mol. The third kappa shape index (κ3) is 35.6. The standard InChI is InChI=1S/C2H4N4.Bi.3BrH/c3-1-6-2(4)5;;;;/h(H4,4,5,6);;3*1H/q;+3;;;/p-3. The van der Waals surface area contributed by atoms with E-state index in [1.54, 1.807) is 0 Å². The molecule has 0 aromatic heterocycles. The first-order chi connectivity index (χ1) is 2.77. The maximum Gasteiger partial charge on any atom is 3.00 e. The van der Waals surface area contributed by atoms with Crippen molar-refractivity contribution in [3.05, 3.63) is 0 Å². The van der Waals surface area contributed by atoms with Crippen molar-refractivity contribution in [3.63, 3.8) is 0 Å². The summed E-state index contributed by atoms with van der Waals surface area (Å²) in [6, 6.07) is 0. The van der Waals surface area contributed by atoms with E-state index < -0.39 is 0 Å². The summed E-state index contributed by atoms with van der Waals surface area (Å²) in [6.07, 6.45) is 1.47. The van der Waals surface area contributed by atoms with E-state index in [0.717, 1.165) is 0 Å². The van der Waals surface area contributed by atoms with Crippen molar-refractivity contribution in [2.75, 3.05) is 0 Å². The minimum Gasteiger partial charge on any atom is -1.00 e. The molecule has 0 spiro atoms. The van der Waals surface area contributed by atoms with Gasteiger partial charge in [0.25, 0.3) is 0 Å². The van der Waals surface area contributed by atoms with Crippen LogP contribution in [0.3, 0.4) is 0 Å². The van der Waals surface area contributed by atoms with Gasteiger partial charge in [-0.1, -0.05) is 0 Å². The second-order valence-corrected chi connectivity index (χ2v) is 0.650. The van der Waals surface area contributed by atoms with E-state index >= 15 is 0 Å². The molecule has 0 atom stereocenters. The van der Waals surface area contributed by atoms with Crippen LogP contribution in [0.5, 0.6) is 0 Å². The Kier molecular flexibility index (Phi) is 68.5. The van der Waals surface area contributed by atoms with E-state index in [-0.39, 0.29) is 83.1 Å². The number of halogens is 3. The number of hydrogen-bond acceptors (Lipinski definition) is 2. The summed E-state index contributed by atoms with van der Waals surface area (Å²) in [5.74, 6) is -0.322. The fraction of sp³-hybridized carbons (Fsp3) is 0. The van der Waals surface area contributed by atoms with Crippen LogP contribution < -0.4 is 62.0 Å². The van der Waals surface area contributed by atoms with Gasteiger partial charge >= 0.3 is 26.2 Å². The van der Waals surface area contributed by atoms with Crippen LogP contribution >= 0.6 is 0 Å². The van der Waals surface area contributed by atoms with Gasteiger partial charge in [-0.2, -0.15) is 5.26 Å². The van der Waals surface area contributed by atoms with E-state index in [1.165, 1.54) is 6.19 Å². The maximum atomic E-state index is 7.65. The molecule has 0 fully saturated rings. The van der Waals surface area contributed by atoms with Crippen LogP contribution in [0.4, 0.5) is 0 Å². The molecule has 4 nitrogen and oxygen atoms in total. The largest absolute Gasteiger partial charge is 3.00 e. The van der Waals surface area contributed by atoms with Crippen molar-refractivity contribution >= 4 is 32.2 Å². The molecule has 8 heteroatoms. The molecular weight excluding hydrogens is 529 g/mol. The van der Waals surface area contributed by atoms with Crippen LogP contribution in [-0.4, -0.2) is 32.2 Å². The number of rotatable bonds is 0. The average Bonchev–Trinajstić information content (AvgIpc) is 1.35. The van der Waals surface area contributed by atoms with Gasteiger partial charge in [-0.25, -0.2) is 0 Å². The number of nitrogens with two attached hydrogens (primary N) is 1. The average molecular weight is 533 g/mol. The summed E-state index contributed by atoms with van der Waals surface area (Å²) in [5, 5.41) is 15.9. The molecular formula is C2H4BiBr3N4. The zero-order chi connectivity index (χ0) is 4.99. The smallest absolute Gasteiger partial charge is 1.00 e. The Balaban J connectivity index is -0.0000000208. The Morgan fingerprint density at radius 2 is 1.70 bits per heavy atom. The Morgan fingerprint density at radius 3 is 1.70 bits per heavy atom. The van der Waals surface area contributed by atoms with Crippen molar-refractivity contribution in [3.8, 4) is 6.19 Å². The molecule has 0 aliphatic rings. The Labute approximate surface area is 110 Å². The number of hydrogen-bond donors (Lipinski definition) is 3. The topological polar surface area (TPSA) is 85.7 Å². The number of nitriles is 1. The molecule has 0 bridgehead atoms. The maximum absolute atomic E-state index is 7.65. The summed E-state index contributed by atoms with van der Waals surface area (Å²) in [5.41, 5.74) is 4.65. The quantitative estimate of drug-likeness (QED) is 0.0953. The SMILES string of the molecule is N#CNC(=N)N.[Bi+3].[Br-].[Br-].[Br-]. The van der Waals surface area contributed by atoms with Gasteiger partial charge in [0.2, 0.25) is 0 Å². The molecule has 0 aliphatic carbocycles. The fourth-order valence-corrected chi connectivity index (χ4v) is 0.0602. The monoisotopic (exact) mass is 530 g/mol. The van der Waals surface area contributed by atoms with Crippen LogP contribution in [0.2, 0.25) is 0 Å². The van der Waals surface area contributed by atoms with Crippen LogP contribution in [0.15, 0.2) is 0 Å². The second kappa shape index (κ2) is 22.5. The molecule has 0 aromatic carbocycles. The van der Waals surface area contributed by atoms with Crippen molar-refractivity contribution in [1.82, 2.24) is 5.32 Å². The molecule has 0 aliphatic heterocycles. The third-order valence-electron chi connectivity index (χ3n) is 0.191. The van der Waals surface area contributed by atoms with Crippen molar-refractivity contribution in [1.29, 1.82) is 10.7 Å². The Bertz CT molecular complexity index is 101. The Morgan fingerprint density at radius 1 is 1.40 bits per heavy atom. The van der Waals surface area contributed by atoms with Gasteiger partial charge in [0.05, 0.1) is 0 Å². The Hall–Kier alpha value is 1.08.